The van der Waals surface area contributed by atoms with Crippen molar-refractivity contribution in [2.45, 2.75) is 39.2 Å². The number of hydrogen-bond donors (Lipinski definition) is 0. The zero-order valence-corrected chi connectivity index (χ0v) is 15.0. The molecule has 0 N–H and O–H groups in total. The van der Waals surface area contributed by atoms with E-state index in [0.29, 0.717) is 12.0 Å². The van der Waals surface area contributed by atoms with E-state index in [1.54, 1.807) is 6.20 Å². The lowest BCUT2D eigenvalue weighted by molar-refractivity contribution is 0.0697. The number of benzene rings is 1. The van der Waals surface area contributed by atoms with Crippen LogP contribution in [-0.2, 0) is 6.42 Å². The molecule has 1 amide bonds. The fraction of sp³-hybridized carbons (Fsp3) is 0.429. The number of carbonyl (C=O) groups excluding carboxylic acids is 1. The summed E-state index contributed by atoms with van der Waals surface area (Å²) in [6.45, 7) is 6.16. The molecule has 1 aromatic heterocycles. The van der Waals surface area contributed by atoms with Gasteiger partial charge in [0.15, 0.2) is 0 Å². The van der Waals surface area contributed by atoms with Crippen molar-refractivity contribution in [3.63, 3.8) is 0 Å². The summed E-state index contributed by atoms with van der Waals surface area (Å²) in [4.78, 5) is 22.0. The first kappa shape index (κ1) is 16.1. The van der Waals surface area contributed by atoms with Gasteiger partial charge in [-0.2, -0.15) is 0 Å². The van der Waals surface area contributed by atoms with Crippen molar-refractivity contribution in [1.82, 2.24) is 9.88 Å². The average molecular weight is 335 g/mol. The first-order valence-corrected chi connectivity index (χ1v) is 9.26. The molecule has 4 nitrogen and oxygen atoms in total. The van der Waals surface area contributed by atoms with Crippen molar-refractivity contribution in [1.29, 1.82) is 0 Å². The van der Waals surface area contributed by atoms with E-state index in [1.807, 2.05) is 17.0 Å². The number of piperidine rings is 1. The number of carbonyl (C=O) groups is 1. The molecule has 1 unspecified atom stereocenters. The van der Waals surface area contributed by atoms with E-state index in [1.165, 1.54) is 11.3 Å². The summed E-state index contributed by atoms with van der Waals surface area (Å²) in [5, 5.41) is 0. The Hall–Kier alpha value is -2.36. The van der Waals surface area contributed by atoms with E-state index in [9.17, 15) is 4.79 Å². The molecule has 0 spiro atoms. The number of rotatable bonds is 2. The second-order valence-electron chi connectivity index (χ2n) is 7.40. The van der Waals surface area contributed by atoms with Crippen molar-refractivity contribution in [3.8, 4) is 0 Å². The summed E-state index contributed by atoms with van der Waals surface area (Å²) in [7, 11) is 0. The molecule has 0 radical (unpaired) electrons. The predicted octanol–water partition coefficient (Wildman–Crippen LogP) is 4.04. The maximum absolute atomic E-state index is 13.2. The normalized spacial score (nSPS) is 20.6. The van der Waals surface area contributed by atoms with Gasteiger partial charge in [-0.3, -0.25) is 4.79 Å². The molecular weight excluding hydrogens is 310 g/mol. The molecule has 3 heterocycles. The molecule has 4 rings (SSSR count). The lowest BCUT2D eigenvalue weighted by Crippen LogP contribution is -2.39. The van der Waals surface area contributed by atoms with Crippen LogP contribution in [-0.4, -0.2) is 34.9 Å². The van der Waals surface area contributed by atoms with Crippen LogP contribution in [0.25, 0.3) is 0 Å². The first-order chi connectivity index (χ1) is 12.1. The molecule has 1 saturated heterocycles. The number of nitrogens with zero attached hydrogens (tertiary/aromatic N) is 3. The molecule has 0 aliphatic carbocycles. The van der Waals surface area contributed by atoms with E-state index in [4.69, 9.17) is 0 Å². The monoisotopic (exact) mass is 335 g/mol. The quantitative estimate of drug-likeness (QED) is 0.831. The van der Waals surface area contributed by atoms with Crippen LogP contribution in [0.1, 0.15) is 42.6 Å². The molecule has 0 saturated carbocycles. The molecule has 1 aromatic carbocycles. The minimum Gasteiger partial charge on any atom is -0.339 e. The molecule has 1 atom stereocenters. The fourth-order valence-electron chi connectivity index (χ4n) is 4.03. The minimum absolute atomic E-state index is 0.117. The zero-order chi connectivity index (χ0) is 17.4. The van der Waals surface area contributed by atoms with Crippen molar-refractivity contribution >= 4 is 17.4 Å². The van der Waals surface area contributed by atoms with Crippen molar-refractivity contribution in [2.24, 2.45) is 5.92 Å². The number of para-hydroxylation sites is 1. The lowest BCUT2D eigenvalue weighted by atomic mass is 9.98. The Balaban J connectivity index is 1.69. The van der Waals surface area contributed by atoms with Crippen LogP contribution >= 0.6 is 0 Å². The Kier molecular flexibility index (Phi) is 4.20. The van der Waals surface area contributed by atoms with Crippen molar-refractivity contribution in [2.75, 3.05) is 18.0 Å². The molecule has 4 heteroatoms. The molecule has 2 aromatic rings. The van der Waals surface area contributed by atoms with Crippen LogP contribution in [0.5, 0.6) is 0 Å². The molecular formula is C21H25N3O. The van der Waals surface area contributed by atoms with Crippen LogP contribution in [0.4, 0.5) is 11.5 Å². The lowest BCUT2D eigenvalue weighted by Gasteiger charge is -2.32. The molecule has 2 aliphatic heterocycles. The number of aromatic nitrogens is 1. The number of pyridine rings is 1. The van der Waals surface area contributed by atoms with Crippen LogP contribution in [0.2, 0.25) is 0 Å². The smallest absolute Gasteiger partial charge is 0.257 e. The van der Waals surface area contributed by atoms with Gasteiger partial charge in [-0.1, -0.05) is 25.1 Å². The second-order valence-corrected chi connectivity index (χ2v) is 7.40. The number of likely N-dealkylation sites (tertiary alicyclic amines) is 1. The van der Waals surface area contributed by atoms with E-state index in [-0.39, 0.29) is 5.91 Å². The van der Waals surface area contributed by atoms with E-state index >= 15 is 0 Å². The summed E-state index contributed by atoms with van der Waals surface area (Å²) in [5.74, 6) is 1.62. The Morgan fingerprint density at radius 3 is 2.64 bits per heavy atom. The Morgan fingerprint density at radius 1 is 1.08 bits per heavy atom. The minimum atomic E-state index is 0.117. The highest BCUT2D eigenvalue weighted by atomic mass is 16.2. The van der Waals surface area contributed by atoms with Crippen LogP contribution in [0.15, 0.2) is 42.6 Å². The Bertz CT molecular complexity index is 780. The number of amides is 1. The van der Waals surface area contributed by atoms with Crippen LogP contribution in [0.3, 0.4) is 0 Å². The molecule has 130 valence electrons. The number of fused-ring (bicyclic) bond motifs is 1. The average Bonchev–Trinajstić information content (AvgIpc) is 2.97. The third-order valence-corrected chi connectivity index (χ3v) is 5.52. The van der Waals surface area contributed by atoms with Gasteiger partial charge >= 0.3 is 0 Å². The highest BCUT2D eigenvalue weighted by Crippen LogP contribution is 2.38. The topological polar surface area (TPSA) is 36.4 Å². The molecule has 25 heavy (non-hydrogen) atoms. The molecule has 1 fully saturated rings. The van der Waals surface area contributed by atoms with E-state index in [2.05, 4.69) is 48.0 Å². The largest absolute Gasteiger partial charge is 0.339 e. The van der Waals surface area contributed by atoms with Gasteiger partial charge in [0.25, 0.3) is 5.91 Å². The molecule has 0 bridgehead atoms. The van der Waals surface area contributed by atoms with Gasteiger partial charge in [-0.05, 0) is 55.9 Å². The van der Waals surface area contributed by atoms with Gasteiger partial charge in [0.2, 0.25) is 0 Å². The second kappa shape index (κ2) is 6.51. The van der Waals surface area contributed by atoms with Crippen molar-refractivity contribution in [3.05, 3.63) is 53.7 Å². The molecule has 2 aliphatic rings. The van der Waals surface area contributed by atoms with E-state index in [0.717, 1.165) is 43.7 Å². The Morgan fingerprint density at radius 2 is 1.84 bits per heavy atom. The van der Waals surface area contributed by atoms with Gasteiger partial charge in [0.1, 0.15) is 5.82 Å². The fourth-order valence-corrected chi connectivity index (χ4v) is 4.03. The number of anilines is 2. The van der Waals surface area contributed by atoms with Gasteiger partial charge in [0, 0.05) is 31.0 Å². The third-order valence-electron chi connectivity index (χ3n) is 5.52. The maximum Gasteiger partial charge on any atom is 0.257 e. The van der Waals surface area contributed by atoms with Gasteiger partial charge in [-0.25, -0.2) is 4.98 Å². The Labute approximate surface area is 149 Å². The van der Waals surface area contributed by atoms with Crippen molar-refractivity contribution < 1.29 is 4.79 Å². The van der Waals surface area contributed by atoms with Gasteiger partial charge in [-0.15, -0.1) is 0 Å². The highest BCUT2D eigenvalue weighted by Gasteiger charge is 2.32. The van der Waals surface area contributed by atoms with Gasteiger partial charge in [0.05, 0.1) is 5.56 Å². The predicted molar refractivity (Wildman–Crippen MR) is 100 cm³/mol. The maximum atomic E-state index is 13.2. The first-order valence-electron chi connectivity index (χ1n) is 9.26. The van der Waals surface area contributed by atoms with Crippen LogP contribution < -0.4 is 4.90 Å². The standard InChI is InChI=1S/C21H25N3O/c1-15-9-12-23(13-10-15)21(25)18-7-5-11-22-20(18)24-16(2)14-17-6-3-4-8-19(17)24/h3-8,11,15-16H,9-10,12-14H2,1-2H3. The SMILES string of the molecule is CC1CCN(C(=O)c2cccnc2N2c3ccccc3CC2C)CC1. The summed E-state index contributed by atoms with van der Waals surface area (Å²) in [6.07, 6.45) is 4.95. The van der Waals surface area contributed by atoms with Gasteiger partial charge < -0.3 is 9.80 Å². The third kappa shape index (κ3) is 2.90. The number of hydrogen-bond acceptors (Lipinski definition) is 3. The van der Waals surface area contributed by atoms with E-state index < -0.39 is 0 Å². The zero-order valence-electron chi connectivity index (χ0n) is 15.0. The van der Waals surface area contributed by atoms with Crippen LogP contribution in [0, 0.1) is 5.92 Å². The summed E-state index contributed by atoms with van der Waals surface area (Å²) >= 11 is 0. The highest BCUT2D eigenvalue weighted by molar-refractivity contribution is 6.00. The summed E-state index contributed by atoms with van der Waals surface area (Å²) in [5.41, 5.74) is 3.22. The summed E-state index contributed by atoms with van der Waals surface area (Å²) < 4.78 is 0. The summed E-state index contributed by atoms with van der Waals surface area (Å²) in [6, 6.07) is 12.5.